The zero-order chi connectivity index (χ0) is 13.7. The van der Waals surface area contributed by atoms with Crippen molar-refractivity contribution in [2.45, 2.75) is 33.1 Å². The highest BCUT2D eigenvalue weighted by Gasteiger charge is 2.08. The largest absolute Gasteiger partial charge is 0.0905 e. The first-order valence-corrected chi connectivity index (χ1v) is 7.07. The van der Waals surface area contributed by atoms with Gasteiger partial charge in [-0.3, -0.25) is 0 Å². The van der Waals surface area contributed by atoms with E-state index in [0.717, 1.165) is 12.0 Å². The summed E-state index contributed by atoms with van der Waals surface area (Å²) in [4.78, 5) is 0. The number of unbranched alkanes of at least 4 members (excludes halogenated alkanes) is 1. The molecule has 0 fully saturated rings. The van der Waals surface area contributed by atoms with Gasteiger partial charge in [-0.2, -0.15) is 0 Å². The molecule has 0 nitrogen and oxygen atoms in total. The molecule has 0 amide bonds. The van der Waals surface area contributed by atoms with Gasteiger partial charge in [-0.25, -0.2) is 0 Å². The van der Waals surface area contributed by atoms with E-state index in [9.17, 15) is 0 Å². The molecule has 2 aromatic carbocycles. The summed E-state index contributed by atoms with van der Waals surface area (Å²) in [5.41, 5.74) is 6.40. The zero-order valence-electron chi connectivity index (χ0n) is 11.9. The van der Waals surface area contributed by atoms with Crippen molar-refractivity contribution in [3.05, 3.63) is 77.4 Å². The van der Waals surface area contributed by atoms with Crippen LogP contribution in [0.2, 0.25) is 0 Å². The van der Waals surface area contributed by atoms with Crippen LogP contribution >= 0.6 is 0 Å². The quantitative estimate of drug-likeness (QED) is 0.666. The van der Waals surface area contributed by atoms with Crippen LogP contribution in [0.4, 0.5) is 0 Å². The van der Waals surface area contributed by atoms with Crippen LogP contribution < -0.4 is 0 Å². The van der Waals surface area contributed by atoms with Gasteiger partial charge in [0, 0.05) is 0 Å². The summed E-state index contributed by atoms with van der Waals surface area (Å²) >= 11 is 0. The maximum absolute atomic E-state index is 4.32. The molecule has 2 aromatic rings. The maximum Gasteiger partial charge on any atom is -0.0152 e. The molecule has 0 heteroatoms. The van der Waals surface area contributed by atoms with Crippen molar-refractivity contribution in [3.63, 3.8) is 0 Å². The molecule has 0 bridgehead atoms. The van der Waals surface area contributed by atoms with Crippen molar-refractivity contribution in [2.24, 2.45) is 0 Å². The minimum Gasteiger partial charge on any atom is -0.0905 e. The van der Waals surface area contributed by atoms with Crippen LogP contribution in [0.3, 0.4) is 0 Å². The van der Waals surface area contributed by atoms with E-state index in [4.69, 9.17) is 0 Å². The molecule has 0 saturated carbocycles. The SMILES string of the molecule is C=C(c1ccccc1C)c1ccccc1CCCC. The van der Waals surface area contributed by atoms with Crippen LogP contribution in [0, 0.1) is 6.92 Å². The van der Waals surface area contributed by atoms with Gasteiger partial charge in [0.15, 0.2) is 0 Å². The Morgan fingerprint density at radius 1 is 0.947 bits per heavy atom. The molecular weight excluding hydrogens is 228 g/mol. The van der Waals surface area contributed by atoms with Gasteiger partial charge < -0.3 is 0 Å². The number of aryl methyl sites for hydroxylation is 2. The Balaban J connectivity index is 2.36. The van der Waals surface area contributed by atoms with Crippen LogP contribution in [0.1, 0.15) is 42.0 Å². The van der Waals surface area contributed by atoms with E-state index in [0.29, 0.717) is 0 Å². The molecule has 0 unspecified atom stereocenters. The van der Waals surface area contributed by atoms with Gasteiger partial charge >= 0.3 is 0 Å². The van der Waals surface area contributed by atoms with Crippen LogP contribution in [0.5, 0.6) is 0 Å². The molecule has 0 spiro atoms. The molecule has 0 aromatic heterocycles. The van der Waals surface area contributed by atoms with Gasteiger partial charge in [-0.15, -0.1) is 0 Å². The van der Waals surface area contributed by atoms with E-state index in [1.54, 1.807) is 0 Å². The summed E-state index contributed by atoms with van der Waals surface area (Å²) in [6.07, 6.45) is 3.60. The molecule has 2 rings (SSSR count). The van der Waals surface area contributed by atoms with Crippen molar-refractivity contribution >= 4 is 5.57 Å². The van der Waals surface area contributed by atoms with Crippen molar-refractivity contribution in [1.82, 2.24) is 0 Å². The van der Waals surface area contributed by atoms with Gasteiger partial charge in [0.25, 0.3) is 0 Å². The molecular formula is C19H22. The van der Waals surface area contributed by atoms with E-state index >= 15 is 0 Å². The van der Waals surface area contributed by atoms with Crippen LogP contribution in [0.25, 0.3) is 5.57 Å². The predicted octanol–water partition coefficient (Wildman–Crippen LogP) is 5.40. The fourth-order valence-corrected chi connectivity index (χ4v) is 2.46. The van der Waals surface area contributed by atoms with Crippen LogP contribution in [-0.4, -0.2) is 0 Å². The predicted molar refractivity (Wildman–Crippen MR) is 84.4 cm³/mol. The molecule has 0 N–H and O–H groups in total. The first kappa shape index (κ1) is 13.6. The van der Waals surface area contributed by atoms with Gasteiger partial charge in [0.1, 0.15) is 0 Å². The Morgan fingerprint density at radius 2 is 1.58 bits per heavy atom. The van der Waals surface area contributed by atoms with Gasteiger partial charge in [-0.1, -0.05) is 68.5 Å². The normalized spacial score (nSPS) is 10.4. The Kier molecular flexibility index (Phi) is 4.57. The van der Waals surface area contributed by atoms with E-state index < -0.39 is 0 Å². The molecule has 0 heterocycles. The smallest absolute Gasteiger partial charge is 0.0152 e. The summed E-state index contributed by atoms with van der Waals surface area (Å²) in [6, 6.07) is 17.1. The highest BCUT2D eigenvalue weighted by Crippen LogP contribution is 2.27. The summed E-state index contributed by atoms with van der Waals surface area (Å²) in [7, 11) is 0. The Labute approximate surface area is 116 Å². The number of hydrogen-bond acceptors (Lipinski definition) is 0. The first-order valence-electron chi connectivity index (χ1n) is 7.07. The molecule has 98 valence electrons. The average Bonchev–Trinajstić information content (AvgIpc) is 2.45. The second kappa shape index (κ2) is 6.38. The Bertz CT molecular complexity index is 564. The molecule has 0 saturated heterocycles. The summed E-state index contributed by atoms with van der Waals surface area (Å²) in [5, 5.41) is 0. The minimum absolute atomic E-state index is 1.14. The highest BCUT2D eigenvalue weighted by atomic mass is 14.1. The van der Waals surface area contributed by atoms with E-state index in [-0.39, 0.29) is 0 Å². The average molecular weight is 250 g/mol. The second-order valence-corrected chi connectivity index (χ2v) is 5.05. The fraction of sp³-hybridized carbons (Fsp3) is 0.263. The van der Waals surface area contributed by atoms with E-state index in [1.165, 1.54) is 35.1 Å². The lowest BCUT2D eigenvalue weighted by Crippen LogP contribution is -1.96. The molecule has 0 aliphatic carbocycles. The molecule has 19 heavy (non-hydrogen) atoms. The van der Waals surface area contributed by atoms with Crippen LogP contribution in [-0.2, 0) is 6.42 Å². The Hall–Kier alpha value is -1.82. The molecule has 0 aliphatic rings. The minimum atomic E-state index is 1.14. The number of hydrogen-bond donors (Lipinski definition) is 0. The maximum atomic E-state index is 4.32. The standard InChI is InChI=1S/C19H22/c1-4-5-11-17-12-7-9-14-19(17)16(3)18-13-8-6-10-15(18)2/h6-10,12-14H,3-5,11H2,1-2H3. The summed E-state index contributed by atoms with van der Waals surface area (Å²) < 4.78 is 0. The van der Waals surface area contributed by atoms with Crippen molar-refractivity contribution in [1.29, 1.82) is 0 Å². The van der Waals surface area contributed by atoms with E-state index in [1.807, 2.05) is 0 Å². The Morgan fingerprint density at radius 3 is 2.26 bits per heavy atom. The third-order valence-corrected chi connectivity index (χ3v) is 3.61. The molecule has 0 atom stereocenters. The summed E-state index contributed by atoms with van der Waals surface area (Å²) in [6.45, 7) is 8.71. The molecule has 0 radical (unpaired) electrons. The lowest BCUT2D eigenvalue weighted by molar-refractivity contribution is 0.794. The van der Waals surface area contributed by atoms with Crippen molar-refractivity contribution in [2.75, 3.05) is 0 Å². The van der Waals surface area contributed by atoms with Crippen molar-refractivity contribution < 1.29 is 0 Å². The monoisotopic (exact) mass is 250 g/mol. The van der Waals surface area contributed by atoms with Crippen LogP contribution in [0.15, 0.2) is 55.1 Å². The summed E-state index contributed by atoms with van der Waals surface area (Å²) in [5.74, 6) is 0. The first-order chi connectivity index (χ1) is 9.24. The highest BCUT2D eigenvalue weighted by molar-refractivity contribution is 5.81. The van der Waals surface area contributed by atoms with E-state index in [2.05, 4.69) is 69.0 Å². The van der Waals surface area contributed by atoms with Gasteiger partial charge in [0.05, 0.1) is 0 Å². The third kappa shape index (κ3) is 3.14. The molecule has 0 aliphatic heterocycles. The van der Waals surface area contributed by atoms with Crippen molar-refractivity contribution in [3.8, 4) is 0 Å². The lowest BCUT2D eigenvalue weighted by atomic mass is 9.91. The third-order valence-electron chi connectivity index (χ3n) is 3.61. The lowest BCUT2D eigenvalue weighted by Gasteiger charge is -2.14. The number of benzene rings is 2. The topological polar surface area (TPSA) is 0 Å². The van der Waals surface area contributed by atoms with Gasteiger partial charge in [0.2, 0.25) is 0 Å². The second-order valence-electron chi connectivity index (χ2n) is 5.05. The number of rotatable bonds is 5. The zero-order valence-corrected chi connectivity index (χ0v) is 11.9. The van der Waals surface area contributed by atoms with Gasteiger partial charge in [-0.05, 0) is 47.6 Å². The fourth-order valence-electron chi connectivity index (χ4n) is 2.46.